The van der Waals surface area contributed by atoms with E-state index in [0.29, 0.717) is 27.9 Å². The monoisotopic (exact) mass is 381 g/mol. The number of carbonyl (C=O) groups excluding carboxylic acids is 2. The molecule has 7 heteroatoms. The molecule has 0 radical (unpaired) electrons. The van der Waals surface area contributed by atoms with Gasteiger partial charge >= 0.3 is 0 Å². The lowest BCUT2D eigenvalue weighted by Crippen LogP contribution is -2.28. The van der Waals surface area contributed by atoms with Crippen LogP contribution in [-0.4, -0.2) is 35.0 Å². The Labute approximate surface area is 161 Å². The molecule has 6 nitrogen and oxygen atoms in total. The number of thioether (sulfide) groups is 1. The van der Waals surface area contributed by atoms with E-state index in [1.165, 1.54) is 11.8 Å². The van der Waals surface area contributed by atoms with Crippen molar-refractivity contribution < 1.29 is 14.3 Å². The van der Waals surface area contributed by atoms with Crippen molar-refractivity contribution in [3.63, 3.8) is 0 Å². The van der Waals surface area contributed by atoms with Gasteiger partial charge in [0.1, 0.15) is 5.75 Å². The van der Waals surface area contributed by atoms with E-state index in [2.05, 4.69) is 4.99 Å². The van der Waals surface area contributed by atoms with Crippen molar-refractivity contribution in [2.75, 3.05) is 13.2 Å². The molecule has 0 atom stereocenters. The van der Waals surface area contributed by atoms with Crippen molar-refractivity contribution in [1.82, 2.24) is 4.90 Å². The summed E-state index contributed by atoms with van der Waals surface area (Å²) in [5.41, 5.74) is 6.63. The molecular weight excluding hydrogens is 362 g/mol. The van der Waals surface area contributed by atoms with Gasteiger partial charge in [-0.15, -0.1) is 0 Å². The van der Waals surface area contributed by atoms with Gasteiger partial charge in [-0.1, -0.05) is 36.4 Å². The van der Waals surface area contributed by atoms with Crippen molar-refractivity contribution in [3.8, 4) is 5.75 Å². The van der Waals surface area contributed by atoms with E-state index in [4.69, 9.17) is 10.5 Å². The number of aliphatic imine (C=N–C) groups is 1. The Hall–Kier alpha value is -3.06. The summed E-state index contributed by atoms with van der Waals surface area (Å²) in [5.74, 6) is -0.172. The summed E-state index contributed by atoms with van der Waals surface area (Å²) < 4.78 is 5.44. The van der Waals surface area contributed by atoms with Crippen molar-refractivity contribution >= 4 is 40.5 Å². The molecule has 0 spiro atoms. The molecule has 138 valence electrons. The number of nitrogens with two attached hydrogens (primary N) is 1. The van der Waals surface area contributed by atoms with E-state index in [9.17, 15) is 9.59 Å². The molecule has 2 amide bonds. The summed E-state index contributed by atoms with van der Waals surface area (Å²) in [5, 5.41) is 0.635. The maximum Gasteiger partial charge on any atom is 0.266 e. The quantitative estimate of drug-likeness (QED) is 0.779. The van der Waals surface area contributed by atoms with Crippen LogP contribution in [0.25, 0.3) is 6.08 Å². The number of likely N-dealkylation sites (N-methyl/N-ethyl adjacent to an activating group) is 1. The van der Waals surface area contributed by atoms with Crippen LogP contribution in [0.5, 0.6) is 5.75 Å². The summed E-state index contributed by atoms with van der Waals surface area (Å²) in [4.78, 5) is 30.5. The lowest BCUT2D eigenvalue weighted by Gasteiger charge is -2.12. The number of primary amides is 1. The van der Waals surface area contributed by atoms with Crippen LogP contribution >= 0.6 is 11.8 Å². The molecular formula is C20H19N3O3S. The molecule has 0 bridgehead atoms. The fourth-order valence-corrected chi connectivity index (χ4v) is 3.56. The summed E-state index contributed by atoms with van der Waals surface area (Å²) in [7, 11) is 0. The number of rotatable bonds is 6. The van der Waals surface area contributed by atoms with Gasteiger partial charge in [-0.3, -0.25) is 14.5 Å². The molecule has 0 unspecified atom stereocenters. The van der Waals surface area contributed by atoms with Crippen molar-refractivity contribution in [1.29, 1.82) is 0 Å². The van der Waals surface area contributed by atoms with Gasteiger partial charge in [0.05, 0.1) is 10.6 Å². The van der Waals surface area contributed by atoms with Crippen LogP contribution in [-0.2, 0) is 9.59 Å². The first-order valence-electron chi connectivity index (χ1n) is 8.43. The molecule has 1 fully saturated rings. The Balaban J connectivity index is 1.90. The predicted octanol–water partition coefficient (Wildman–Crippen LogP) is 3.17. The molecule has 1 saturated heterocycles. The van der Waals surface area contributed by atoms with Gasteiger partial charge in [0, 0.05) is 12.1 Å². The van der Waals surface area contributed by atoms with E-state index in [-0.39, 0.29) is 12.5 Å². The van der Waals surface area contributed by atoms with Crippen molar-refractivity contribution in [2.45, 2.75) is 6.92 Å². The molecule has 3 rings (SSSR count). The molecule has 0 aromatic heterocycles. The standard InChI is InChI=1S/C20H19N3O3S/c1-2-23-19(25)17(27-20(23)22-15-9-4-3-5-10-15)12-14-8-6-7-11-16(14)26-13-18(21)24/h3-12H,2,13H2,1H3,(H2,21,24)/b17-12+,22-20?. The largest absolute Gasteiger partial charge is 0.483 e. The van der Waals surface area contributed by atoms with Crippen molar-refractivity contribution in [2.24, 2.45) is 10.7 Å². The molecule has 1 aliphatic heterocycles. The Morgan fingerprint density at radius 3 is 2.59 bits per heavy atom. The Morgan fingerprint density at radius 2 is 1.89 bits per heavy atom. The highest BCUT2D eigenvalue weighted by atomic mass is 32.2. The molecule has 1 heterocycles. The van der Waals surface area contributed by atoms with Crippen LogP contribution in [0.4, 0.5) is 5.69 Å². The first-order valence-corrected chi connectivity index (χ1v) is 9.25. The maximum atomic E-state index is 12.8. The van der Waals surface area contributed by atoms with Gasteiger partial charge in [0.2, 0.25) is 0 Å². The third kappa shape index (κ3) is 4.57. The molecule has 2 N–H and O–H groups in total. The van der Waals surface area contributed by atoms with E-state index in [0.717, 1.165) is 5.69 Å². The van der Waals surface area contributed by atoms with Gasteiger partial charge in [-0.05, 0) is 43.0 Å². The van der Waals surface area contributed by atoms with E-state index in [1.54, 1.807) is 23.1 Å². The summed E-state index contributed by atoms with van der Waals surface area (Å²) in [6.45, 7) is 2.21. The number of nitrogens with zero attached hydrogens (tertiary/aromatic N) is 2. The van der Waals surface area contributed by atoms with Crippen LogP contribution in [0, 0.1) is 0 Å². The molecule has 2 aromatic rings. The minimum absolute atomic E-state index is 0.109. The Morgan fingerprint density at radius 1 is 1.19 bits per heavy atom. The topological polar surface area (TPSA) is 85.0 Å². The summed E-state index contributed by atoms with van der Waals surface area (Å²) >= 11 is 1.31. The lowest BCUT2D eigenvalue weighted by atomic mass is 10.2. The number of amides is 2. The Bertz CT molecular complexity index is 910. The van der Waals surface area contributed by atoms with E-state index >= 15 is 0 Å². The molecule has 1 aliphatic rings. The number of amidine groups is 1. The highest BCUT2D eigenvalue weighted by Gasteiger charge is 2.32. The van der Waals surface area contributed by atoms with Gasteiger partial charge in [0.15, 0.2) is 11.8 Å². The average molecular weight is 381 g/mol. The SMILES string of the molecule is CCN1C(=O)/C(=C\c2ccccc2OCC(N)=O)SC1=Nc1ccccc1. The zero-order valence-electron chi connectivity index (χ0n) is 14.8. The number of para-hydroxylation sites is 2. The zero-order valence-corrected chi connectivity index (χ0v) is 15.6. The van der Waals surface area contributed by atoms with E-state index in [1.807, 2.05) is 49.4 Å². The first-order chi connectivity index (χ1) is 13.1. The molecule has 0 aliphatic carbocycles. The van der Waals surface area contributed by atoms with Gasteiger partial charge in [-0.2, -0.15) is 0 Å². The van der Waals surface area contributed by atoms with Crippen LogP contribution in [0.1, 0.15) is 12.5 Å². The lowest BCUT2D eigenvalue weighted by molar-refractivity contribution is -0.122. The third-order valence-corrected chi connectivity index (χ3v) is 4.77. The second kappa shape index (κ2) is 8.55. The van der Waals surface area contributed by atoms with Gasteiger partial charge < -0.3 is 10.5 Å². The highest BCUT2D eigenvalue weighted by Crippen LogP contribution is 2.35. The molecule has 27 heavy (non-hydrogen) atoms. The van der Waals surface area contributed by atoms with Gasteiger partial charge in [-0.25, -0.2) is 4.99 Å². The minimum Gasteiger partial charge on any atom is -0.483 e. The summed E-state index contributed by atoms with van der Waals surface area (Å²) in [6, 6.07) is 16.7. The van der Waals surface area contributed by atoms with Crippen LogP contribution in [0.3, 0.4) is 0 Å². The number of benzene rings is 2. The zero-order chi connectivity index (χ0) is 19.2. The second-order valence-corrected chi connectivity index (χ2v) is 6.69. The normalized spacial score (nSPS) is 16.9. The predicted molar refractivity (Wildman–Crippen MR) is 108 cm³/mol. The third-order valence-electron chi connectivity index (χ3n) is 3.76. The number of ether oxygens (including phenoxy) is 1. The second-order valence-electron chi connectivity index (χ2n) is 5.68. The smallest absolute Gasteiger partial charge is 0.266 e. The Kier molecular flexibility index (Phi) is 5.93. The number of hydrogen-bond donors (Lipinski definition) is 1. The average Bonchev–Trinajstić information content (AvgIpc) is 2.96. The fourth-order valence-electron chi connectivity index (χ4n) is 2.50. The van der Waals surface area contributed by atoms with Crippen LogP contribution in [0.15, 0.2) is 64.5 Å². The number of hydrogen-bond acceptors (Lipinski definition) is 5. The van der Waals surface area contributed by atoms with Crippen LogP contribution in [0.2, 0.25) is 0 Å². The first kappa shape index (κ1) is 18.7. The van der Waals surface area contributed by atoms with Crippen molar-refractivity contribution in [3.05, 3.63) is 65.1 Å². The molecule has 0 saturated carbocycles. The van der Waals surface area contributed by atoms with Gasteiger partial charge in [0.25, 0.3) is 11.8 Å². The molecule has 2 aromatic carbocycles. The van der Waals surface area contributed by atoms with E-state index < -0.39 is 5.91 Å². The fraction of sp³-hybridized carbons (Fsp3) is 0.150. The minimum atomic E-state index is -0.557. The highest BCUT2D eigenvalue weighted by molar-refractivity contribution is 8.18. The maximum absolute atomic E-state index is 12.8. The summed E-state index contributed by atoms with van der Waals surface area (Å²) in [6.07, 6.45) is 1.75. The van der Waals surface area contributed by atoms with Crippen LogP contribution < -0.4 is 10.5 Å². The number of carbonyl (C=O) groups is 2.